The van der Waals surface area contributed by atoms with Crippen LogP contribution < -0.4 is 9.84 Å². The number of halogens is 2. The number of ether oxygens (including phenoxy) is 1. The molecule has 0 atom stereocenters. The quantitative estimate of drug-likeness (QED) is 0.723. The van der Waals surface area contributed by atoms with Crippen molar-refractivity contribution >= 4 is 5.97 Å². The highest BCUT2D eigenvalue weighted by Crippen LogP contribution is 2.21. The van der Waals surface area contributed by atoms with Crippen molar-refractivity contribution in [3.05, 3.63) is 29.8 Å². The first kappa shape index (κ1) is 10.4. The Kier molecular flexibility index (Phi) is 2.69. The number of benzene rings is 1. The van der Waals surface area contributed by atoms with Crippen LogP contribution in [-0.4, -0.2) is 12.1 Å². The van der Waals surface area contributed by atoms with Crippen LogP contribution in [0.3, 0.4) is 0 Å². The number of carboxylic acid groups (broad SMARTS) is 1. The summed E-state index contributed by atoms with van der Waals surface area (Å²) in [4.78, 5) is 9.91. The van der Waals surface area contributed by atoms with Crippen molar-refractivity contribution in [2.75, 3.05) is 0 Å². The first-order chi connectivity index (χ1) is 6.42. The largest absolute Gasteiger partial charge is 0.541 e. The SMILES string of the molecule is Cc1ccc(OC(F)(F)C(=O)[O-])cc1. The van der Waals surface area contributed by atoms with Crippen molar-refractivity contribution in [2.45, 2.75) is 13.0 Å². The molecule has 3 nitrogen and oxygen atoms in total. The molecule has 0 aliphatic rings. The lowest BCUT2D eigenvalue weighted by atomic mass is 10.2. The summed E-state index contributed by atoms with van der Waals surface area (Å²) in [5.74, 6) is -2.78. The lowest BCUT2D eigenvalue weighted by molar-refractivity contribution is -0.350. The Morgan fingerprint density at radius 2 is 1.86 bits per heavy atom. The van der Waals surface area contributed by atoms with Gasteiger partial charge in [-0.1, -0.05) is 17.7 Å². The second-order valence-corrected chi connectivity index (χ2v) is 2.72. The maximum Gasteiger partial charge on any atom is 0.441 e. The molecule has 0 N–H and O–H groups in total. The summed E-state index contributed by atoms with van der Waals surface area (Å²) in [6.07, 6.45) is -4.30. The average Bonchev–Trinajstić information content (AvgIpc) is 2.08. The maximum absolute atomic E-state index is 12.4. The Labute approximate surface area is 78.9 Å². The Morgan fingerprint density at radius 1 is 1.36 bits per heavy atom. The zero-order chi connectivity index (χ0) is 10.8. The van der Waals surface area contributed by atoms with Crippen LogP contribution in [0.4, 0.5) is 8.78 Å². The summed E-state index contributed by atoms with van der Waals surface area (Å²) < 4.78 is 28.8. The van der Waals surface area contributed by atoms with Crippen LogP contribution in [0.2, 0.25) is 0 Å². The van der Waals surface area contributed by atoms with E-state index in [-0.39, 0.29) is 5.75 Å². The molecule has 0 amide bonds. The zero-order valence-corrected chi connectivity index (χ0v) is 7.29. The molecule has 1 aromatic carbocycles. The Balaban J connectivity index is 2.79. The molecule has 0 spiro atoms. The van der Waals surface area contributed by atoms with Crippen molar-refractivity contribution in [3.63, 3.8) is 0 Å². The minimum absolute atomic E-state index is 0.218. The predicted molar refractivity (Wildman–Crippen MR) is 41.8 cm³/mol. The molecule has 0 aliphatic heterocycles. The first-order valence-electron chi connectivity index (χ1n) is 3.77. The Morgan fingerprint density at radius 3 is 2.29 bits per heavy atom. The smallest absolute Gasteiger partial charge is 0.441 e. The fourth-order valence-corrected chi connectivity index (χ4v) is 0.796. The second-order valence-electron chi connectivity index (χ2n) is 2.72. The van der Waals surface area contributed by atoms with Gasteiger partial charge in [0.1, 0.15) is 5.75 Å². The molecule has 0 saturated heterocycles. The maximum atomic E-state index is 12.4. The van der Waals surface area contributed by atoms with Crippen LogP contribution >= 0.6 is 0 Å². The molecule has 76 valence electrons. The van der Waals surface area contributed by atoms with Crippen molar-refractivity contribution in [3.8, 4) is 5.75 Å². The first-order valence-corrected chi connectivity index (χ1v) is 3.77. The van der Waals surface area contributed by atoms with Gasteiger partial charge in [-0.3, -0.25) is 0 Å². The molecule has 5 heteroatoms. The molecular formula is C9H7F2O3-. The van der Waals surface area contributed by atoms with Crippen LogP contribution in [0, 0.1) is 6.92 Å². The lowest BCUT2D eigenvalue weighted by Gasteiger charge is -2.18. The predicted octanol–water partition coefficient (Wildman–Crippen LogP) is 0.717. The molecule has 0 radical (unpaired) electrons. The highest BCUT2D eigenvalue weighted by molar-refractivity contribution is 5.71. The average molecular weight is 201 g/mol. The molecule has 14 heavy (non-hydrogen) atoms. The molecule has 0 aromatic heterocycles. The van der Waals surface area contributed by atoms with E-state index in [9.17, 15) is 18.7 Å². The molecule has 0 heterocycles. The van der Waals surface area contributed by atoms with Gasteiger partial charge in [-0.2, -0.15) is 8.78 Å². The lowest BCUT2D eigenvalue weighted by Crippen LogP contribution is -2.45. The summed E-state index contributed by atoms with van der Waals surface area (Å²) in [6.45, 7) is 1.76. The topological polar surface area (TPSA) is 49.4 Å². The van der Waals surface area contributed by atoms with Gasteiger partial charge in [0.25, 0.3) is 0 Å². The fraction of sp³-hybridized carbons (Fsp3) is 0.222. The summed E-state index contributed by atoms with van der Waals surface area (Å²) >= 11 is 0. The summed E-state index contributed by atoms with van der Waals surface area (Å²) in [6, 6.07) is 5.57. The summed E-state index contributed by atoms with van der Waals surface area (Å²) in [7, 11) is 0. The van der Waals surface area contributed by atoms with Gasteiger partial charge in [0.05, 0.1) is 0 Å². The number of alkyl halides is 2. The number of carboxylic acids is 1. The zero-order valence-electron chi connectivity index (χ0n) is 7.29. The minimum atomic E-state index is -4.30. The van der Waals surface area contributed by atoms with Crippen LogP contribution in [0.25, 0.3) is 0 Å². The molecule has 1 rings (SSSR count). The van der Waals surface area contributed by atoms with Gasteiger partial charge < -0.3 is 14.6 Å². The molecule has 0 aliphatic carbocycles. The second kappa shape index (κ2) is 3.61. The van der Waals surface area contributed by atoms with Gasteiger partial charge in [-0.25, -0.2) is 0 Å². The molecule has 0 fully saturated rings. The van der Waals surface area contributed by atoms with Gasteiger partial charge in [-0.05, 0) is 19.1 Å². The number of hydrogen-bond acceptors (Lipinski definition) is 3. The van der Waals surface area contributed by atoms with Crippen LogP contribution in [0.1, 0.15) is 5.56 Å². The van der Waals surface area contributed by atoms with E-state index in [1.165, 1.54) is 24.3 Å². The summed E-state index contributed by atoms with van der Waals surface area (Å²) in [5.41, 5.74) is 0.856. The third kappa shape index (κ3) is 2.42. The molecule has 0 unspecified atom stereocenters. The van der Waals surface area contributed by atoms with E-state index in [0.717, 1.165) is 5.56 Å². The van der Waals surface area contributed by atoms with E-state index in [4.69, 9.17) is 0 Å². The molecular weight excluding hydrogens is 194 g/mol. The third-order valence-electron chi connectivity index (χ3n) is 1.50. The van der Waals surface area contributed by atoms with Gasteiger partial charge in [0.15, 0.2) is 5.97 Å². The monoisotopic (exact) mass is 201 g/mol. The number of hydrogen-bond donors (Lipinski definition) is 0. The fourth-order valence-electron chi connectivity index (χ4n) is 0.796. The van der Waals surface area contributed by atoms with Gasteiger partial charge in [0.2, 0.25) is 0 Å². The highest BCUT2D eigenvalue weighted by atomic mass is 19.3. The number of aryl methyl sites for hydroxylation is 1. The number of carbonyl (C=O) groups is 1. The van der Waals surface area contributed by atoms with Crippen molar-refractivity contribution < 1.29 is 23.4 Å². The van der Waals surface area contributed by atoms with E-state index >= 15 is 0 Å². The van der Waals surface area contributed by atoms with Crippen molar-refractivity contribution in [2.24, 2.45) is 0 Å². The standard InChI is InChI=1S/C9H8F2O3/c1-6-2-4-7(5-3-6)14-9(10,11)8(12)13/h2-5H,1H3,(H,12,13)/p-1. The van der Waals surface area contributed by atoms with Crippen LogP contribution in [-0.2, 0) is 4.79 Å². The van der Waals surface area contributed by atoms with Gasteiger partial charge in [-0.15, -0.1) is 0 Å². The molecule has 1 aromatic rings. The number of aliphatic carboxylic acids is 1. The van der Waals surface area contributed by atoms with Gasteiger partial charge in [0, 0.05) is 0 Å². The van der Waals surface area contributed by atoms with E-state index in [1.54, 1.807) is 6.92 Å². The van der Waals surface area contributed by atoms with E-state index in [0.29, 0.717) is 0 Å². The third-order valence-corrected chi connectivity index (χ3v) is 1.50. The minimum Gasteiger partial charge on any atom is -0.541 e. The van der Waals surface area contributed by atoms with E-state index in [1.807, 2.05) is 0 Å². The van der Waals surface area contributed by atoms with E-state index < -0.39 is 12.1 Å². The number of rotatable bonds is 3. The van der Waals surface area contributed by atoms with E-state index in [2.05, 4.69) is 4.74 Å². The van der Waals surface area contributed by atoms with Crippen LogP contribution in [0.5, 0.6) is 5.75 Å². The Hall–Kier alpha value is -1.65. The van der Waals surface area contributed by atoms with Gasteiger partial charge >= 0.3 is 6.11 Å². The normalized spacial score (nSPS) is 11.1. The van der Waals surface area contributed by atoms with Crippen molar-refractivity contribution in [1.82, 2.24) is 0 Å². The molecule has 0 saturated carbocycles. The number of carbonyl (C=O) groups excluding carboxylic acids is 1. The summed E-state index contributed by atoms with van der Waals surface area (Å²) in [5, 5.41) is 9.91. The highest BCUT2D eigenvalue weighted by Gasteiger charge is 2.33. The Bertz CT molecular complexity index is 332. The molecule has 0 bridgehead atoms. The van der Waals surface area contributed by atoms with Crippen LogP contribution in [0.15, 0.2) is 24.3 Å². The van der Waals surface area contributed by atoms with Crippen molar-refractivity contribution in [1.29, 1.82) is 0 Å².